The number of carbonyl (C=O) groups is 1. The standard InChI is InChI=1S/C42H55F2N3O4/c1-28-35(38(39(48)49)51-40(2,3)4)37(47-23-17-41(5,6)18-24-47)36(33(45-28)27-46-21-19-42(20-22-46)15-7-16-42)30-10-13-34(32(44)26-30)50-25-14-29-8-11-31(43)12-9-29/h8-13,26,38H,7,14-25,27H2,1-6H3,(H,48,49)/t38-/m0/s1. The van der Waals surface area contributed by atoms with Crippen molar-refractivity contribution >= 4 is 11.7 Å². The van der Waals surface area contributed by atoms with Gasteiger partial charge in [0.15, 0.2) is 17.7 Å². The number of rotatable bonds is 11. The number of nitrogens with zero attached hydrogens (tertiary/aromatic N) is 3. The molecule has 3 heterocycles. The Morgan fingerprint density at radius 1 is 0.961 bits per heavy atom. The smallest absolute Gasteiger partial charge is 0.337 e. The lowest BCUT2D eigenvalue weighted by Crippen LogP contribution is -2.43. The van der Waals surface area contributed by atoms with E-state index in [1.807, 2.05) is 33.8 Å². The first-order valence-electron chi connectivity index (χ1n) is 18.7. The normalized spacial score (nSPS) is 19.5. The first kappa shape index (κ1) is 37.2. The highest BCUT2D eigenvalue weighted by Gasteiger charge is 2.41. The Hall–Kier alpha value is -3.56. The zero-order chi connectivity index (χ0) is 36.6. The Bertz CT molecular complexity index is 1690. The molecule has 276 valence electrons. The van der Waals surface area contributed by atoms with Gasteiger partial charge >= 0.3 is 5.97 Å². The van der Waals surface area contributed by atoms with E-state index in [-0.39, 0.29) is 23.6 Å². The van der Waals surface area contributed by atoms with Crippen LogP contribution in [0.2, 0.25) is 0 Å². The van der Waals surface area contributed by atoms with Gasteiger partial charge in [-0.05, 0) is 126 Å². The number of aromatic nitrogens is 1. The van der Waals surface area contributed by atoms with Crippen molar-refractivity contribution in [1.29, 1.82) is 0 Å². The second-order valence-electron chi connectivity index (χ2n) is 16.9. The fourth-order valence-electron chi connectivity index (χ4n) is 8.02. The molecule has 0 unspecified atom stereocenters. The second-order valence-corrected chi connectivity index (χ2v) is 16.9. The summed E-state index contributed by atoms with van der Waals surface area (Å²) in [4.78, 5) is 23.0. The Morgan fingerprint density at radius 2 is 1.63 bits per heavy atom. The Labute approximate surface area is 302 Å². The van der Waals surface area contributed by atoms with E-state index in [0.717, 1.165) is 61.5 Å². The van der Waals surface area contributed by atoms with Gasteiger partial charge in [0.25, 0.3) is 0 Å². The lowest BCUT2D eigenvalue weighted by Gasteiger charge is -2.48. The van der Waals surface area contributed by atoms with E-state index in [2.05, 4.69) is 23.6 Å². The number of halogens is 2. The zero-order valence-corrected chi connectivity index (χ0v) is 31.3. The maximum absolute atomic E-state index is 16.1. The molecule has 2 saturated heterocycles. The Kier molecular flexibility index (Phi) is 10.8. The number of likely N-dealkylation sites (tertiary alicyclic amines) is 1. The van der Waals surface area contributed by atoms with Crippen molar-refractivity contribution in [2.45, 2.75) is 111 Å². The van der Waals surface area contributed by atoms with Gasteiger partial charge in [-0.15, -0.1) is 0 Å². The van der Waals surface area contributed by atoms with Crippen molar-refractivity contribution in [3.8, 4) is 16.9 Å². The molecule has 1 aromatic heterocycles. The van der Waals surface area contributed by atoms with Crippen LogP contribution in [-0.2, 0) is 22.5 Å². The minimum Gasteiger partial charge on any atom is -0.490 e. The average molecular weight is 704 g/mol. The molecule has 2 aliphatic heterocycles. The minimum atomic E-state index is -1.26. The van der Waals surface area contributed by atoms with Crippen LogP contribution in [0.1, 0.15) is 108 Å². The maximum Gasteiger partial charge on any atom is 0.337 e. The van der Waals surface area contributed by atoms with E-state index in [0.29, 0.717) is 35.2 Å². The van der Waals surface area contributed by atoms with E-state index in [9.17, 15) is 14.3 Å². The van der Waals surface area contributed by atoms with E-state index >= 15 is 4.39 Å². The largest absolute Gasteiger partial charge is 0.490 e. The number of ether oxygens (including phenoxy) is 2. The van der Waals surface area contributed by atoms with Gasteiger partial charge in [-0.2, -0.15) is 0 Å². The molecule has 3 fully saturated rings. The summed E-state index contributed by atoms with van der Waals surface area (Å²) in [5.41, 5.74) is 4.96. The van der Waals surface area contributed by atoms with Gasteiger partial charge in [0, 0.05) is 42.9 Å². The lowest BCUT2D eigenvalue weighted by molar-refractivity contribution is -0.160. The van der Waals surface area contributed by atoms with Crippen LogP contribution in [0.25, 0.3) is 11.1 Å². The predicted octanol–water partition coefficient (Wildman–Crippen LogP) is 9.29. The number of carboxylic acid groups (broad SMARTS) is 1. The first-order valence-corrected chi connectivity index (χ1v) is 18.7. The SMILES string of the molecule is Cc1nc(CN2CCC3(CCC3)CC2)c(-c2ccc(OCCc3ccc(F)cc3)c(F)c2)c(N2CCC(C)(C)CC2)c1[C@H](OC(C)(C)C)C(=O)O. The molecule has 51 heavy (non-hydrogen) atoms. The topological polar surface area (TPSA) is 75.1 Å². The molecule has 7 nitrogen and oxygen atoms in total. The van der Waals surface area contributed by atoms with E-state index < -0.39 is 23.5 Å². The number of aliphatic carboxylic acids is 1. The number of carboxylic acids is 1. The monoisotopic (exact) mass is 703 g/mol. The summed E-state index contributed by atoms with van der Waals surface area (Å²) in [5.74, 6) is -1.75. The maximum atomic E-state index is 16.1. The fraction of sp³-hybridized carbons (Fsp3) is 0.571. The molecule has 6 rings (SSSR count). The highest BCUT2D eigenvalue weighted by atomic mass is 19.1. The van der Waals surface area contributed by atoms with Gasteiger partial charge in [-0.1, -0.05) is 38.5 Å². The quantitative estimate of drug-likeness (QED) is 0.213. The average Bonchev–Trinajstić information content (AvgIpc) is 3.04. The number of anilines is 1. The van der Waals surface area contributed by atoms with E-state index in [1.165, 1.54) is 50.3 Å². The molecule has 3 aromatic rings. The number of hydrogen-bond acceptors (Lipinski definition) is 6. The van der Waals surface area contributed by atoms with Gasteiger partial charge < -0.3 is 19.5 Å². The van der Waals surface area contributed by atoms with Crippen molar-refractivity contribution in [2.24, 2.45) is 10.8 Å². The second kappa shape index (κ2) is 14.8. The highest BCUT2D eigenvalue weighted by molar-refractivity contribution is 5.88. The number of hydrogen-bond donors (Lipinski definition) is 1. The van der Waals surface area contributed by atoms with Gasteiger partial charge in [0.05, 0.1) is 23.6 Å². The van der Waals surface area contributed by atoms with Crippen LogP contribution in [0.4, 0.5) is 14.5 Å². The summed E-state index contributed by atoms with van der Waals surface area (Å²) in [6.45, 7) is 16.3. The molecule has 1 aliphatic carbocycles. The van der Waals surface area contributed by atoms with Crippen LogP contribution < -0.4 is 9.64 Å². The van der Waals surface area contributed by atoms with Crippen molar-refractivity contribution in [2.75, 3.05) is 37.7 Å². The van der Waals surface area contributed by atoms with Crippen molar-refractivity contribution in [1.82, 2.24) is 9.88 Å². The van der Waals surface area contributed by atoms with Crippen LogP contribution >= 0.6 is 0 Å². The number of aryl methyl sites for hydroxylation is 1. The predicted molar refractivity (Wildman–Crippen MR) is 197 cm³/mol. The van der Waals surface area contributed by atoms with Crippen LogP contribution in [-0.4, -0.2) is 59.3 Å². The summed E-state index contributed by atoms with van der Waals surface area (Å²) in [5, 5.41) is 10.7. The third kappa shape index (κ3) is 8.74. The van der Waals surface area contributed by atoms with Gasteiger partial charge in [0.1, 0.15) is 5.82 Å². The van der Waals surface area contributed by atoms with Gasteiger partial charge in [0.2, 0.25) is 0 Å². The number of pyridine rings is 1. The summed E-state index contributed by atoms with van der Waals surface area (Å²) >= 11 is 0. The Morgan fingerprint density at radius 3 is 2.20 bits per heavy atom. The molecular formula is C42H55F2N3O4. The molecule has 3 aliphatic rings. The van der Waals surface area contributed by atoms with Crippen molar-refractivity contribution < 1.29 is 28.2 Å². The van der Waals surface area contributed by atoms with E-state index in [4.69, 9.17) is 14.5 Å². The van der Waals surface area contributed by atoms with E-state index in [1.54, 1.807) is 18.2 Å². The third-order valence-corrected chi connectivity index (χ3v) is 11.4. The molecule has 0 radical (unpaired) electrons. The fourth-order valence-corrected chi connectivity index (χ4v) is 8.02. The highest BCUT2D eigenvalue weighted by Crippen LogP contribution is 2.50. The van der Waals surface area contributed by atoms with Crippen molar-refractivity contribution in [3.05, 3.63) is 76.6 Å². The molecular weight excluding hydrogens is 648 g/mol. The number of benzene rings is 2. The molecule has 1 atom stereocenters. The van der Waals surface area contributed by atoms with Crippen LogP contribution in [0.3, 0.4) is 0 Å². The van der Waals surface area contributed by atoms with Gasteiger partial charge in [-0.3, -0.25) is 9.88 Å². The lowest BCUT2D eigenvalue weighted by atomic mass is 9.63. The van der Waals surface area contributed by atoms with Crippen LogP contribution in [0.5, 0.6) is 5.75 Å². The molecule has 0 amide bonds. The van der Waals surface area contributed by atoms with Crippen LogP contribution in [0, 0.1) is 29.4 Å². The van der Waals surface area contributed by atoms with Gasteiger partial charge in [-0.25, -0.2) is 13.6 Å². The third-order valence-electron chi connectivity index (χ3n) is 11.4. The summed E-state index contributed by atoms with van der Waals surface area (Å²) < 4.78 is 41.6. The molecule has 1 spiro atoms. The molecule has 9 heteroatoms. The summed E-state index contributed by atoms with van der Waals surface area (Å²) in [7, 11) is 0. The van der Waals surface area contributed by atoms with Crippen LogP contribution in [0.15, 0.2) is 42.5 Å². The van der Waals surface area contributed by atoms with Crippen molar-refractivity contribution in [3.63, 3.8) is 0 Å². The summed E-state index contributed by atoms with van der Waals surface area (Å²) in [6.07, 6.45) is 7.41. The zero-order valence-electron chi connectivity index (χ0n) is 31.3. The molecule has 1 saturated carbocycles. The molecule has 1 N–H and O–H groups in total. The minimum absolute atomic E-state index is 0.130. The number of piperidine rings is 2. The first-order chi connectivity index (χ1) is 24.1. The Balaban J connectivity index is 1.43. The molecule has 0 bridgehead atoms. The summed E-state index contributed by atoms with van der Waals surface area (Å²) in [6, 6.07) is 11.2. The molecule has 2 aromatic carbocycles.